The number of amides is 1. The molecular formula is C15H27FN2O2. The van der Waals surface area contributed by atoms with Crippen LogP contribution in [-0.4, -0.2) is 66.8 Å². The molecule has 2 unspecified atom stereocenters. The molecule has 2 saturated heterocycles. The Morgan fingerprint density at radius 3 is 2.50 bits per heavy atom. The Kier molecular flexibility index (Phi) is 5.78. The number of piperidine rings is 2. The number of alkyl halides is 1. The lowest BCUT2D eigenvalue weighted by molar-refractivity contribution is -0.134. The van der Waals surface area contributed by atoms with E-state index in [1.165, 1.54) is 0 Å². The number of ether oxygens (including phenoxy) is 1. The summed E-state index contributed by atoms with van der Waals surface area (Å²) in [5.41, 5.74) is 0. The second kappa shape index (κ2) is 7.36. The SMILES string of the molecule is CCCN1CCC(OC2CCN(C(C)=O)CC2)C(F)C1. The zero-order valence-corrected chi connectivity index (χ0v) is 12.7. The van der Waals surface area contributed by atoms with Crippen LogP contribution in [0.5, 0.6) is 0 Å². The van der Waals surface area contributed by atoms with E-state index in [4.69, 9.17) is 4.74 Å². The Hall–Kier alpha value is -0.680. The largest absolute Gasteiger partial charge is 0.372 e. The van der Waals surface area contributed by atoms with Crippen molar-refractivity contribution < 1.29 is 13.9 Å². The van der Waals surface area contributed by atoms with Crippen LogP contribution in [0.2, 0.25) is 0 Å². The number of hydrogen-bond donors (Lipinski definition) is 0. The monoisotopic (exact) mass is 286 g/mol. The van der Waals surface area contributed by atoms with E-state index < -0.39 is 6.17 Å². The molecule has 2 aliphatic rings. The van der Waals surface area contributed by atoms with Gasteiger partial charge in [0, 0.05) is 33.1 Å². The molecule has 116 valence electrons. The van der Waals surface area contributed by atoms with Crippen molar-refractivity contribution in [3.05, 3.63) is 0 Å². The number of likely N-dealkylation sites (tertiary alicyclic amines) is 2. The summed E-state index contributed by atoms with van der Waals surface area (Å²) >= 11 is 0. The third-order valence-electron chi connectivity index (χ3n) is 4.36. The van der Waals surface area contributed by atoms with E-state index in [0.717, 1.165) is 51.9 Å². The molecule has 0 aliphatic carbocycles. The summed E-state index contributed by atoms with van der Waals surface area (Å²) in [6, 6.07) is 0. The van der Waals surface area contributed by atoms with Gasteiger partial charge in [-0.05, 0) is 32.2 Å². The molecule has 1 amide bonds. The van der Waals surface area contributed by atoms with Crippen molar-refractivity contribution in [3.63, 3.8) is 0 Å². The van der Waals surface area contributed by atoms with E-state index in [1.54, 1.807) is 6.92 Å². The van der Waals surface area contributed by atoms with Crippen LogP contribution in [0.25, 0.3) is 0 Å². The van der Waals surface area contributed by atoms with Gasteiger partial charge in [0.05, 0.1) is 12.2 Å². The predicted molar refractivity (Wildman–Crippen MR) is 76.4 cm³/mol. The smallest absolute Gasteiger partial charge is 0.219 e. The summed E-state index contributed by atoms with van der Waals surface area (Å²) in [5, 5.41) is 0. The lowest BCUT2D eigenvalue weighted by Gasteiger charge is -2.38. The molecule has 0 aromatic carbocycles. The molecule has 2 fully saturated rings. The molecule has 0 radical (unpaired) electrons. The fraction of sp³-hybridized carbons (Fsp3) is 0.933. The quantitative estimate of drug-likeness (QED) is 0.790. The minimum Gasteiger partial charge on any atom is -0.372 e. The van der Waals surface area contributed by atoms with E-state index in [-0.39, 0.29) is 18.1 Å². The van der Waals surface area contributed by atoms with Crippen molar-refractivity contribution in [2.75, 3.05) is 32.7 Å². The zero-order valence-electron chi connectivity index (χ0n) is 12.7. The summed E-state index contributed by atoms with van der Waals surface area (Å²) in [7, 11) is 0. The molecule has 0 aromatic rings. The molecule has 5 heteroatoms. The van der Waals surface area contributed by atoms with Crippen molar-refractivity contribution in [1.29, 1.82) is 0 Å². The van der Waals surface area contributed by atoms with Gasteiger partial charge in [-0.3, -0.25) is 4.79 Å². The Morgan fingerprint density at radius 1 is 1.25 bits per heavy atom. The summed E-state index contributed by atoms with van der Waals surface area (Å²) < 4.78 is 20.1. The van der Waals surface area contributed by atoms with Gasteiger partial charge in [-0.25, -0.2) is 4.39 Å². The number of carbonyl (C=O) groups excluding carboxylic acids is 1. The minimum absolute atomic E-state index is 0.117. The lowest BCUT2D eigenvalue weighted by atomic mass is 10.0. The van der Waals surface area contributed by atoms with Gasteiger partial charge in [-0.2, -0.15) is 0 Å². The maximum absolute atomic E-state index is 14.2. The first-order valence-electron chi connectivity index (χ1n) is 7.87. The third-order valence-corrected chi connectivity index (χ3v) is 4.36. The number of carbonyl (C=O) groups is 1. The van der Waals surface area contributed by atoms with Crippen LogP contribution in [-0.2, 0) is 9.53 Å². The molecule has 0 N–H and O–H groups in total. The average Bonchev–Trinajstić information content (AvgIpc) is 2.43. The molecule has 0 aromatic heterocycles. The topological polar surface area (TPSA) is 32.8 Å². The van der Waals surface area contributed by atoms with Crippen LogP contribution < -0.4 is 0 Å². The third kappa shape index (κ3) is 4.16. The van der Waals surface area contributed by atoms with Crippen molar-refractivity contribution in [3.8, 4) is 0 Å². The van der Waals surface area contributed by atoms with Crippen LogP contribution in [0.15, 0.2) is 0 Å². The fourth-order valence-electron chi connectivity index (χ4n) is 3.17. The summed E-state index contributed by atoms with van der Waals surface area (Å²) in [6.45, 7) is 7.62. The Labute approximate surface area is 121 Å². The van der Waals surface area contributed by atoms with Crippen molar-refractivity contribution in [1.82, 2.24) is 9.80 Å². The molecule has 4 nitrogen and oxygen atoms in total. The highest BCUT2D eigenvalue weighted by molar-refractivity contribution is 5.73. The first-order chi connectivity index (χ1) is 9.60. The molecule has 2 heterocycles. The molecule has 0 spiro atoms. The first kappa shape index (κ1) is 15.7. The standard InChI is InChI=1S/C15H27FN2O2/c1-3-7-17-8-6-15(14(16)11-17)20-13-4-9-18(10-5-13)12(2)19/h13-15H,3-11H2,1-2H3. The highest BCUT2D eigenvalue weighted by Crippen LogP contribution is 2.23. The van der Waals surface area contributed by atoms with E-state index in [2.05, 4.69) is 11.8 Å². The molecule has 2 atom stereocenters. The maximum atomic E-state index is 14.2. The molecule has 2 rings (SSSR count). The Bertz CT molecular complexity index is 319. The zero-order chi connectivity index (χ0) is 14.5. The molecule has 20 heavy (non-hydrogen) atoms. The van der Waals surface area contributed by atoms with Crippen LogP contribution in [0.4, 0.5) is 4.39 Å². The fourth-order valence-corrected chi connectivity index (χ4v) is 3.17. The van der Waals surface area contributed by atoms with Gasteiger partial charge in [-0.1, -0.05) is 6.92 Å². The molecular weight excluding hydrogens is 259 g/mol. The van der Waals surface area contributed by atoms with Crippen LogP contribution >= 0.6 is 0 Å². The van der Waals surface area contributed by atoms with E-state index >= 15 is 0 Å². The van der Waals surface area contributed by atoms with Crippen molar-refractivity contribution in [2.45, 2.75) is 57.9 Å². The van der Waals surface area contributed by atoms with Gasteiger partial charge >= 0.3 is 0 Å². The van der Waals surface area contributed by atoms with Gasteiger partial charge in [0.15, 0.2) is 0 Å². The van der Waals surface area contributed by atoms with E-state index in [9.17, 15) is 9.18 Å². The molecule has 2 aliphatic heterocycles. The number of rotatable bonds is 4. The normalized spacial score (nSPS) is 29.6. The highest BCUT2D eigenvalue weighted by Gasteiger charge is 2.32. The summed E-state index contributed by atoms with van der Waals surface area (Å²) in [4.78, 5) is 15.3. The lowest BCUT2D eigenvalue weighted by Crippen LogP contribution is -2.48. The van der Waals surface area contributed by atoms with Gasteiger partial charge in [0.1, 0.15) is 6.17 Å². The predicted octanol–water partition coefficient (Wildman–Crippen LogP) is 1.84. The molecule has 0 saturated carbocycles. The molecule has 0 bridgehead atoms. The van der Waals surface area contributed by atoms with Crippen LogP contribution in [0.3, 0.4) is 0 Å². The number of halogens is 1. The van der Waals surface area contributed by atoms with E-state index in [1.807, 2.05) is 4.90 Å². The van der Waals surface area contributed by atoms with Crippen LogP contribution in [0, 0.1) is 0 Å². The van der Waals surface area contributed by atoms with Gasteiger partial charge in [0.25, 0.3) is 0 Å². The maximum Gasteiger partial charge on any atom is 0.219 e. The second-order valence-corrected chi connectivity index (χ2v) is 5.99. The van der Waals surface area contributed by atoms with Crippen molar-refractivity contribution in [2.24, 2.45) is 0 Å². The van der Waals surface area contributed by atoms with Gasteiger partial charge in [-0.15, -0.1) is 0 Å². The number of hydrogen-bond acceptors (Lipinski definition) is 3. The summed E-state index contributed by atoms with van der Waals surface area (Å²) in [5.74, 6) is 0.125. The van der Waals surface area contributed by atoms with Gasteiger partial charge < -0.3 is 14.5 Å². The van der Waals surface area contributed by atoms with Gasteiger partial charge in [0.2, 0.25) is 5.91 Å². The Morgan fingerprint density at radius 2 is 1.95 bits per heavy atom. The van der Waals surface area contributed by atoms with Crippen LogP contribution in [0.1, 0.15) is 39.5 Å². The van der Waals surface area contributed by atoms with Crippen molar-refractivity contribution >= 4 is 5.91 Å². The van der Waals surface area contributed by atoms with E-state index in [0.29, 0.717) is 6.54 Å². The second-order valence-electron chi connectivity index (χ2n) is 5.99. The average molecular weight is 286 g/mol. The summed E-state index contributed by atoms with van der Waals surface area (Å²) in [6.07, 6.45) is 2.52. The highest BCUT2D eigenvalue weighted by atomic mass is 19.1. The first-order valence-corrected chi connectivity index (χ1v) is 7.87. The Balaban J connectivity index is 1.73. The number of nitrogens with zero attached hydrogens (tertiary/aromatic N) is 2. The minimum atomic E-state index is -0.874.